The van der Waals surface area contributed by atoms with E-state index in [1.165, 1.54) is 0 Å². The van der Waals surface area contributed by atoms with Gasteiger partial charge in [-0.3, -0.25) is 9.59 Å². The number of rotatable bonds is 2. The monoisotopic (exact) mass is 315 g/mol. The second-order valence-corrected chi connectivity index (χ2v) is 6.95. The Bertz CT molecular complexity index is 642. The molecule has 0 aliphatic carbocycles. The van der Waals surface area contributed by atoms with Gasteiger partial charge in [-0.2, -0.15) is 0 Å². The largest absolute Gasteiger partial charge is 0.486 e. The molecule has 0 atom stereocenters. The van der Waals surface area contributed by atoms with E-state index in [0.717, 1.165) is 36.1 Å². The van der Waals surface area contributed by atoms with Crippen LogP contribution in [0.15, 0.2) is 12.1 Å². The van der Waals surface area contributed by atoms with Crippen LogP contribution in [-0.2, 0) is 4.79 Å². The molecule has 0 bridgehead atoms. The summed E-state index contributed by atoms with van der Waals surface area (Å²) in [6, 6.07) is 3.93. The van der Waals surface area contributed by atoms with Gasteiger partial charge < -0.3 is 9.64 Å². The predicted molar refractivity (Wildman–Crippen MR) is 88.9 cm³/mol. The first-order valence-corrected chi connectivity index (χ1v) is 8.55. The summed E-state index contributed by atoms with van der Waals surface area (Å²) in [5, 5.41) is 0. The van der Waals surface area contributed by atoms with Gasteiger partial charge in [0.25, 0.3) is 0 Å². The minimum atomic E-state index is -0.422. The van der Waals surface area contributed by atoms with Crippen LogP contribution < -0.4 is 4.74 Å². The molecule has 2 heterocycles. The highest BCUT2D eigenvalue weighted by Crippen LogP contribution is 2.40. The van der Waals surface area contributed by atoms with Gasteiger partial charge in [-0.25, -0.2) is 0 Å². The first-order valence-electron chi connectivity index (χ1n) is 8.55. The number of hydrogen-bond acceptors (Lipinski definition) is 3. The lowest BCUT2D eigenvalue weighted by atomic mass is 9.82. The second-order valence-electron chi connectivity index (χ2n) is 6.95. The number of amides is 1. The standard InChI is InChI=1S/C19H25NO3/c1-4-5-18(22)20-8-6-19(7-9-20)12-16(21)15-10-13(2)14(3)11-17(15)23-19/h10-11H,4-9,12H2,1-3H3. The first-order chi connectivity index (χ1) is 10.9. The molecule has 0 N–H and O–H groups in total. The third kappa shape index (κ3) is 2.99. The highest BCUT2D eigenvalue weighted by molar-refractivity contribution is 6.00. The molecule has 1 saturated heterocycles. The minimum Gasteiger partial charge on any atom is -0.486 e. The van der Waals surface area contributed by atoms with Crippen molar-refractivity contribution in [1.29, 1.82) is 0 Å². The number of nitrogens with zero attached hydrogens (tertiary/aromatic N) is 1. The molecule has 1 fully saturated rings. The Labute approximate surface area is 137 Å². The lowest BCUT2D eigenvalue weighted by Crippen LogP contribution is -2.52. The average molecular weight is 315 g/mol. The van der Waals surface area contributed by atoms with Crippen LogP contribution in [0.2, 0.25) is 0 Å². The fourth-order valence-corrected chi connectivity index (χ4v) is 3.56. The summed E-state index contributed by atoms with van der Waals surface area (Å²) in [6.45, 7) is 7.45. The third-order valence-electron chi connectivity index (χ3n) is 5.20. The summed E-state index contributed by atoms with van der Waals surface area (Å²) >= 11 is 0. The number of likely N-dealkylation sites (tertiary alicyclic amines) is 1. The summed E-state index contributed by atoms with van der Waals surface area (Å²) in [6.07, 6.45) is 3.38. The molecule has 0 saturated carbocycles. The fraction of sp³-hybridized carbons (Fsp3) is 0.579. The van der Waals surface area contributed by atoms with E-state index in [1.807, 2.05) is 37.8 Å². The van der Waals surface area contributed by atoms with Gasteiger partial charge in [0.1, 0.15) is 11.4 Å². The van der Waals surface area contributed by atoms with Crippen molar-refractivity contribution >= 4 is 11.7 Å². The molecule has 0 aromatic heterocycles. The molecule has 1 aromatic carbocycles. The molecule has 0 unspecified atom stereocenters. The van der Waals surface area contributed by atoms with Gasteiger partial charge >= 0.3 is 0 Å². The lowest BCUT2D eigenvalue weighted by Gasteiger charge is -2.44. The number of Topliss-reactive ketones (excluding diaryl/α,β-unsaturated/α-hetero) is 1. The van der Waals surface area contributed by atoms with Crippen LogP contribution in [0, 0.1) is 13.8 Å². The fourth-order valence-electron chi connectivity index (χ4n) is 3.56. The van der Waals surface area contributed by atoms with E-state index < -0.39 is 5.60 Å². The maximum absolute atomic E-state index is 12.6. The summed E-state index contributed by atoms with van der Waals surface area (Å²) in [5.74, 6) is 1.11. The van der Waals surface area contributed by atoms with E-state index in [1.54, 1.807) is 0 Å². The molecule has 0 radical (unpaired) electrons. The summed E-state index contributed by atoms with van der Waals surface area (Å²) in [7, 11) is 0. The van der Waals surface area contributed by atoms with Gasteiger partial charge in [0, 0.05) is 32.4 Å². The first kappa shape index (κ1) is 16.0. The second kappa shape index (κ2) is 5.99. The molecule has 1 aromatic rings. The van der Waals surface area contributed by atoms with Gasteiger partial charge in [-0.15, -0.1) is 0 Å². The number of ether oxygens (including phenoxy) is 1. The molecule has 2 aliphatic rings. The van der Waals surface area contributed by atoms with E-state index >= 15 is 0 Å². The summed E-state index contributed by atoms with van der Waals surface area (Å²) in [5.41, 5.74) is 2.55. The van der Waals surface area contributed by atoms with E-state index in [0.29, 0.717) is 31.5 Å². The van der Waals surface area contributed by atoms with Crippen LogP contribution >= 0.6 is 0 Å². The van der Waals surface area contributed by atoms with Gasteiger partial charge in [0.15, 0.2) is 5.78 Å². The van der Waals surface area contributed by atoms with Crippen LogP contribution in [0.25, 0.3) is 0 Å². The van der Waals surface area contributed by atoms with Crippen molar-refractivity contribution in [3.8, 4) is 5.75 Å². The molecule has 4 nitrogen and oxygen atoms in total. The van der Waals surface area contributed by atoms with Crippen molar-refractivity contribution in [3.63, 3.8) is 0 Å². The van der Waals surface area contributed by atoms with Crippen molar-refractivity contribution in [2.24, 2.45) is 0 Å². The zero-order chi connectivity index (χ0) is 16.6. The SMILES string of the molecule is CCCC(=O)N1CCC2(CC1)CC(=O)c1cc(C)c(C)cc1O2. The Hall–Kier alpha value is -1.84. The Morgan fingerprint density at radius 1 is 1.22 bits per heavy atom. The molecule has 124 valence electrons. The van der Waals surface area contributed by atoms with Crippen LogP contribution in [-0.4, -0.2) is 35.3 Å². The van der Waals surface area contributed by atoms with E-state index in [2.05, 4.69) is 0 Å². The number of aryl methyl sites for hydroxylation is 2. The zero-order valence-corrected chi connectivity index (χ0v) is 14.3. The van der Waals surface area contributed by atoms with Crippen molar-refractivity contribution < 1.29 is 14.3 Å². The molecule has 3 rings (SSSR count). The number of carbonyl (C=O) groups excluding carboxylic acids is 2. The Morgan fingerprint density at radius 2 is 1.87 bits per heavy atom. The summed E-state index contributed by atoms with van der Waals surface area (Å²) < 4.78 is 6.30. The predicted octanol–water partition coefficient (Wildman–Crippen LogP) is 3.43. The molecule has 2 aliphatic heterocycles. The van der Waals surface area contributed by atoms with Crippen molar-refractivity contribution in [3.05, 3.63) is 28.8 Å². The quantitative estimate of drug-likeness (QED) is 0.840. The number of benzene rings is 1. The highest BCUT2D eigenvalue weighted by Gasteiger charge is 2.43. The maximum atomic E-state index is 12.6. The topological polar surface area (TPSA) is 46.6 Å². The lowest BCUT2D eigenvalue weighted by molar-refractivity contribution is -0.134. The Kier molecular flexibility index (Phi) is 4.17. The van der Waals surface area contributed by atoms with E-state index in [4.69, 9.17) is 4.74 Å². The zero-order valence-electron chi connectivity index (χ0n) is 14.3. The van der Waals surface area contributed by atoms with Gasteiger partial charge in [0.05, 0.1) is 12.0 Å². The highest BCUT2D eigenvalue weighted by atomic mass is 16.5. The van der Waals surface area contributed by atoms with Crippen molar-refractivity contribution in [2.45, 2.75) is 58.5 Å². The van der Waals surface area contributed by atoms with Crippen molar-refractivity contribution in [1.82, 2.24) is 4.90 Å². The maximum Gasteiger partial charge on any atom is 0.222 e. The van der Waals surface area contributed by atoms with E-state index in [-0.39, 0.29) is 11.7 Å². The Balaban J connectivity index is 1.77. The summed E-state index contributed by atoms with van der Waals surface area (Å²) in [4.78, 5) is 26.5. The van der Waals surface area contributed by atoms with Gasteiger partial charge in [0.2, 0.25) is 5.91 Å². The van der Waals surface area contributed by atoms with Gasteiger partial charge in [-0.1, -0.05) is 6.92 Å². The third-order valence-corrected chi connectivity index (χ3v) is 5.20. The van der Waals surface area contributed by atoms with Gasteiger partial charge in [-0.05, 0) is 43.5 Å². The minimum absolute atomic E-state index is 0.169. The van der Waals surface area contributed by atoms with Crippen LogP contribution in [0.1, 0.15) is 60.5 Å². The number of carbonyl (C=O) groups is 2. The van der Waals surface area contributed by atoms with Crippen LogP contribution in [0.4, 0.5) is 0 Å². The molecule has 4 heteroatoms. The molecular formula is C19H25NO3. The molecular weight excluding hydrogens is 290 g/mol. The van der Waals surface area contributed by atoms with Crippen molar-refractivity contribution in [2.75, 3.05) is 13.1 Å². The number of ketones is 1. The number of hydrogen-bond donors (Lipinski definition) is 0. The molecule has 1 amide bonds. The normalized spacial score (nSPS) is 19.4. The number of fused-ring (bicyclic) bond motifs is 1. The van der Waals surface area contributed by atoms with E-state index in [9.17, 15) is 9.59 Å². The Morgan fingerprint density at radius 3 is 2.52 bits per heavy atom. The molecule has 23 heavy (non-hydrogen) atoms. The average Bonchev–Trinajstić information content (AvgIpc) is 2.50. The molecule has 1 spiro atoms. The van der Waals surface area contributed by atoms with Crippen LogP contribution in [0.3, 0.4) is 0 Å². The number of piperidine rings is 1. The van der Waals surface area contributed by atoms with Crippen LogP contribution in [0.5, 0.6) is 5.75 Å². The smallest absolute Gasteiger partial charge is 0.222 e.